The average Bonchev–Trinajstić information content (AvgIpc) is 3.05. The zero-order valence-corrected chi connectivity index (χ0v) is 26.8. The Bertz CT molecular complexity index is 1690. The minimum absolute atomic E-state index is 0.0180. The summed E-state index contributed by atoms with van der Waals surface area (Å²) < 4.78 is 16.3. The lowest BCUT2D eigenvalue weighted by Crippen LogP contribution is -2.30. The molecule has 0 radical (unpaired) electrons. The van der Waals surface area contributed by atoms with Gasteiger partial charge >= 0.3 is 0 Å². The van der Waals surface area contributed by atoms with E-state index in [0.717, 1.165) is 4.90 Å². The van der Waals surface area contributed by atoms with Crippen LogP contribution in [-0.2, 0) is 9.59 Å². The maximum absolute atomic E-state index is 13.5. The molecular formula is C33H29Cl2N3O6S. The lowest BCUT2D eigenvalue weighted by molar-refractivity contribution is -0.114. The fraction of sp³-hybridized carbons (Fsp3) is 0.121. The van der Waals surface area contributed by atoms with Crippen molar-refractivity contribution in [2.75, 3.05) is 37.7 Å². The second-order valence-corrected chi connectivity index (χ2v) is 11.1. The second-order valence-electron chi connectivity index (χ2n) is 9.28. The van der Waals surface area contributed by atoms with Crippen molar-refractivity contribution in [1.29, 1.82) is 0 Å². The van der Waals surface area contributed by atoms with E-state index in [9.17, 15) is 14.4 Å². The van der Waals surface area contributed by atoms with Gasteiger partial charge in [0.15, 0.2) is 11.5 Å². The fourth-order valence-electron chi connectivity index (χ4n) is 4.05. The molecule has 0 aliphatic heterocycles. The Morgan fingerprint density at radius 3 is 2.00 bits per heavy atom. The molecule has 232 valence electrons. The van der Waals surface area contributed by atoms with E-state index in [-0.39, 0.29) is 17.4 Å². The standard InChI is InChI=1S/C33H29Cl2N3O6S/c1-42-28-16-20(17-29(43-2)31(28)44-3)15-27(38-32(40)21-7-5-4-6-8-21)33(41)37-22-9-12-24(13-10-22)45-19-30(39)36-23-11-14-25(34)26(35)18-23/h4-18H,19H2,1-3H3,(H,36,39)(H,37,41)(H,38,40)/b27-15-. The number of thioether (sulfide) groups is 1. The van der Waals surface area contributed by atoms with Crippen LogP contribution in [0.3, 0.4) is 0 Å². The molecule has 0 bridgehead atoms. The van der Waals surface area contributed by atoms with Gasteiger partial charge in [-0.15, -0.1) is 11.8 Å². The number of benzene rings is 4. The summed E-state index contributed by atoms with van der Waals surface area (Å²) in [5, 5.41) is 9.05. The molecule has 0 aliphatic rings. The molecule has 3 N–H and O–H groups in total. The van der Waals surface area contributed by atoms with Crippen LogP contribution < -0.4 is 30.2 Å². The molecule has 0 saturated carbocycles. The van der Waals surface area contributed by atoms with E-state index < -0.39 is 11.8 Å². The number of nitrogens with one attached hydrogen (secondary N) is 3. The van der Waals surface area contributed by atoms with Gasteiger partial charge in [0.25, 0.3) is 11.8 Å². The minimum atomic E-state index is -0.561. The first-order valence-electron chi connectivity index (χ1n) is 13.4. The van der Waals surface area contributed by atoms with Crippen molar-refractivity contribution in [1.82, 2.24) is 5.32 Å². The maximum Gasteiger partial charge on any atom is 0.272 e. The highest BCUT2D eigenvalue weighted by atomic mass is 35.5. The summed E-state index contributed by atoms with van der Waals surface area (Å²) in [4.78, 5) is 39.7. The molecule has 0 heterocycles. The molecular weight excluding hydrogens is 637 g/mol. The van der Waals surface area contributed by atoms with Crippen molar-refractivity contribution in [2.24, 2.45) is 0 Å². The number of methoxy groups -OCH3 is 3. The topological polar surface area (TPSA) is 115 Å². The summed E-state index contributed by atoms with van der Waals surface area (Å²) in [6.45, 7) is 0. The molecule has 0 aliphatic carbocycles. The first-order valence-corrected chi connectivity index (χ1v) is 15.1. The van der Waals surface area contributed by atoms with Gasteiger partial charge in [0.05, 0.1) is 37.1 Å². The first kappa shape index (κ1) is 33.3. The molecule has 4 rings (SSSR count). The third kappa shape index (κ3) is 9.18. The number of carbonyl (C=O) groups excluding carboxylic acids is 3. The molecule has 0 atom stereocenters. The molecule has 0 unspecified atom stereocenters. The van der Waals surface area contributed by atoms with Crippen LogP contribution in [0.25, 0.3) is 6.08 Å². The van der Waals surface area contributed by atoms with Crippen molar-refractivity contribution >= 4 is 70.1 Å². The Morgan fingerprint density at radius 2 is 1.40 bits per heavy atom. The number of ether oxygens (including phenoxy) is 3. The van der Waals surface area contributed by atoms with Gasteiger partial charge in [-0.2, -0.15) is 0 Å². The van der Waals surface area contributed by atoms with Crippen molar-refractivity contribution in [3.8, 4) is 17.2 Å². The van der Waals surface area contributed by atoms with E-state index in [2.05, 4.69) is 16.0 Å². The number of hydrogen-bond donors (Lipinski definition) is 3. The number of rotatable bonds is 12. The summed E-state index contributed by atoms with van der Waals surface area (Å²) in [5.74, 6) is 0.0728. The fourth-order valence-corrected chi connectivity index (χ4v) is 5.04. The van der Waals surface area contributed by atoms with Gasteiger partial charge in [0.1, 0.15) is 5.70 Å². The van der Waals surface area contributed by atoms with Crippen LogP contribution in [-0.4, -0.2) is 44.8 Å². The van der Waals surface area contributed by atoms with Gasteiger partial charge in [-0.05, 0) is 78.4 Å². The van der Waals surface area contributed by atoms with Crippen LogP contribution in [0, 0.1) is 0 Å². The number of halogens is 2. The van der Waals surface area contributed by atoms with E-state index in [1.54, 1.807) is 84.9 Å². The zero-order chi connectivity index (χ0) is 32.3. The second kappa shape index (κ2) is 15.9. The van der Waals surface area contributed by atoms with Gasteiger partial charge in [0.2, 0.25) is 11.7 Å². The van der Waals surface area contributed by atoms with E-state index in [1.807, 2.05) is 0 Å². The largest absolute Gasteiger partial charge is 0.493 e. The number of amides is 3. The Morgan fingerprint density at radius 1 is 0.756 bits per heavy atom. The van der Waals surface area contributed by atoms with Crippen LogP contribution in [0.2, 0.25) is 10.0 Å². The van der Waals surface area contributed by atoms with E-state index in [0.29, 0.717) is 49.8 Å². The Hall–Kier alpha value is -4.64. The summed E-state index contributed by atoms with van der Waals surface area (Å²) in [5.41, 5.74) is 1.91. The number of carbonyl (C=O) groups is 3. The smallest absolute Gasteiger partial charge is 0.272 e. The predicted octanol–water partition coefficient (Wildman–Crippen LogP) is 7.16. The third-order valence-electron chi connectivity index (χ3n) is 6.21. The predicted molar refractivity (Wildman–Crippen MR) is 179 cm³/mol. The van der Waals surface area contributed by atoms with E-state index in [4.69, 9.17) is 37.4 Å². The van der Waals surface area contributed by atoms with Crippen molar-refractivity contribution in [3.05, 3.63) is 112 Å². The van der Waals surface area contributed by atoms with Crippen LogP contribution >= 0.6 is 35.0 Å². The molecule has 3 amide bonds. The lowest BCUT2D eigenvalue weighted by atomic mass is 10.1. The average molecular weight is 667 g/mol. The van der Waals surface area contributed by atoms with E-state index in [1.165, 1.54) is 39.2 Å². The normalized spacial score (nSPS) is 10.9. The third-order valence-corrected chi connectivity index (χ3v) is 7.96. The van der Waals surface area contributed by atoms with Crippen LogP contribution in [0.5, 0.6) is 17.2 Å². The SMILES string of the molecule is COc1cc(/C=C(\NC(=O)c2ccccc2)C(=O)Nc2ccc(SCC(=O)Nc3ccc(Cl)c(Cl)c3)cc2)cc(OC)c1OC. The van der Waals surface area contributed by atoms with Crippen LogP contribution in [0.15, 0.2) is 95.5 Å². The number of anilines is 2. The maximum atomic E-state index is 13.5. The molecule has 0 spiro atoms. The van der Waals surface area contributed by atoms with Crippen LogP contribution in [0.1, 0.15) is 15.9 Å². The summed E-state index contributed by atoms with van der Waals surface area (Å²) in [6, 6.07) is 23.7. The molecule has 4 aromatic rings. The van der Waals surface area contributed by atoms with Gasteiger partial charge in [-0.3, -0.25) is 14.4 Å². The first-order chi connectivity index (χ1) is 21.7. The molecule has 0 aromatic heterocycles. The highest BCUT2D eigenvalue weighted by Crippen LogP contribution is 2.38. The molecule has 12 heteroatoms. The van der Waals surface area contributed by atoms with Gasteiger partial charge in [0, 0.05) is 21.8 Å². The van der Waals surface area contributed by atoms with Crippen molar-refractivity contribution < 1.29 is 28.6 Å². The molecule has 45 heavy (non-hydrogen) atoms. The Balaban J connectivity index is 1.49. The van der Waals surface area contributed by atoms with E-state index >= 15 is 0 Å². The Labute approximate surface area is 274 Å². The minimum Gasteiger partial charge on any atom is -0.493 e. The Kier molecular flexibility index (Phi) is 11.7. The van der Waals surface area contributed by atoms with Crippen molar-refractivity contribution in [3.63, 3.8) is 0 Å². The number of hydrogen-bond acceptors (Lipinski definition) is 7. The molecule has 0 saturated heterocycles. The van der Waals surface area contributed by atoms with Crippen LogP contribution in [0.4, 0.5) is 11.4 Å². The summed E-state index contributed by atoms with van der Waals surface area (Å²) in [6.07, 6.45) is 1.51. The lowest BCUT2D eigenvalue weighted by Gasteiger charge is -2.15. The monoisotopic (exact) mass is 665 g/mol. The molecule has 0 fully saturated rings. The highest BCUT2D eigenvalue weighted by Gasteiger charge is 2.18. The zero-order valence-electron chi connectivity index (χ0n) is 24.5. The highest BCUT2D eigenvalue weighted by molar-refractivity contribution is 8.00. The summed E-state index contributed by atoms with van der Waals surface area (Å²) >= 11 is 13.3. The summed E-state index contributed by atoms with van der Waals surface area (Å²) in [7, 11) is 4.46. The molecule has 4 aromatic carbocycles. The van der Waals surface area contributed by atoms with Gasteiger partial charge in [-0.25, -0.2) is 0 Å². The van der Waals surface area contributed by atoms with Gasteiger partial charge < -0.3 is 30.2 Å². The molecule has 9 nitrogen and oxygen atoms in total. The quantitative estimate of drug-likeness (QED) is 0.109. The van der Waals surface area contributed by atoms with Gasteiger partial charge in [-0.1, -0.05) is 41.4 Å². The van der Waals surface area contributed by atoms with Crippen molar-refractivity contribution in [2.45, 2.75) is 4.90 Å².